The van der Waals surface area contributed by atoms with Crippen molar-refractivity contribution in [3.63, 3.8) is 0 Å². The van der Waals surface area contributed by atoms with Gasteiger partial charge < -0.3 is 14.8 Å². The number of H-pyrrole nitrogens is 1. The van der Waals surface area contributed by atoms with Crippen LogP contribution in [0, 0.1) is 13.8 Å². The molecule has 2 aromatic rings. The zero-order valence-corrected chi connectivity index (χ0v) is 11.7. The normalized spacial score (nSPS) is 10.7. The molecule has 0 saturated heterocycles. The molecular weight excluding hydrogens is 240 g/mol. The fraction of sp³-hybridized carbons (Fsp3) is 0.400. The molecule has 4 nitrogen and oxygen atoms in total. The van der Waals surface area contributed by atoms with Crippen LogP contribution in [0.15, 0.2) is 18.2 Å². The molecule has 0 bridgehead atoms. The Hall–Kier alpha value is -1.81. The summed E-state index contributed by atoms with van der Waals surface area (Å²) in [4.78, 5) is 7.88. The molecule has 0 saturated carbocycles. The smallest absolute Gasteiger partial charge is 0.121 e. The first-order chi connectivity index (χ1) is 9.15. The lowest BCUT2D eigenvalue weighted by Gasteiger charge is -2.06. The molecule has 0 fully saturated rings. The largest absolute Gasteiger partial charge is 0.496 e. The number of nitrogens with one attached hydrogen (secondary N) is 1. The molecule has 4 heteroatoms. The number of ether oxygens (including phenoxy) is 1. The number of methoxy groups -OCH3 is 1. The average Bonchev–Trinajstić information content (AvgIpc) is 2.77. The van der Waals surface area contributed by atoms with Gasteiger partial charge in [0.15, 0.2) is 0 Å². The van der Waals surface area contributed by atoms with E-state index in [4.69, 9.17) is 9.84 Å². The lowest BCUT2D eigenvalue weighted by molar-refractivity contribution is 0.287. The fourth-order valence-corrected chi connectivity index (χ4v) is 2.19. The highest BCUT2D eigenvalue weighted by Crippen LogP contribution is 2.27. The van der Waals surface area contributed by atoms with E-state index in [9.17, 15) is 0 Å². The van der Waals surface area contributed by atoms with Crippen molar-refractivity contribution in [3.05, 3.63) is 35.3 Å². The molecule has 1 heterocycles. The first kappa shape index (κ1) is 13.6. The Kier molecular flexibility index (Phi) is 4.22. The van der Waals surface area contributed by atoms with Crippen LogP contribution in [0.5, 0.6) is 5.75 Å². The second-order valence-electron chi connectivity index (χ2n) is 4.67. The first-order valence-electron chi connectivity index (χ1n) is 6.47. The van der Waals surface area contributed by atoms with Crippen LogP contribution in [0.4, 0.5) is 0 Å². The highest BCUT2D eigenvalue weighted by Gasteiger charge is 2.10. The fourth-order valence-electron chi connectivity index (χ4n) is 2.19. The van der Waals surface area contributed by atoms with E-state index in [1.807, 2.05) is 26.0 Å². The number of hydrogen-bond donors (Lipinski definition) is 2. The summed E-state index contributed by atoms with van der Waals surface area (Å²) in [5, 5.41) is 8.86. The van der Waals surface area contributed by atoms with Gasteiger partial charge in [-0.25, -0.2) is 4.98 Å². The van der Waals surface area contributed by atoms with E-state index in [2.05, 4.69) is 16.0 Å². The van der Waals surface area contributed by atoms with E-state index in [1.54, 1.807) is 7.11 Å². The minimum Gasteiger partial charge on any atom is -0.496 e. The Morgan fingerprint density at radius 3 is 2.74 bits per heavy atom. The molecule has 0 spiro atoms. The quantitative estimate of drug-likeness (QED) is 0.869. The number of aromatic nitrogens is 2. The van der Waals surface area contributed by atoms with E-state index in [1.165, 1.54) is 0 Å². The maximum absolute atomic E-state index is 8.86. The van der Waals surface area contributed by atoms with Gasteiger partial charge in [0, 0.05) is 24.3 Å². The molecule has 0 aliphatic heterocycles. The molecule has 0 radical (unpaired) electrons. The summed E-state index contributed by atoms with van der Waals surface area (Å²) < 4.78 is 5.27. The molecule has 0 amide bonds. The van der Waals surface area contributed by atoms with Crippen LogP contribution in [0.3, 0.4) is 0 Å². The zero-order chi connectivity index (χ0) is 13.8. The highest BCUT2D eigenvalue weighted by molar-refractivity contribution is 5.64. The summed E-state index contributed by atoms with van der Waals surface area (Å²) in [6.45, 7) is 4.23. The zero-order valence-electron chi connectivity index (χ0n) is 11.7. The van der Waals surface area contributed by atoms with Crippen LogP contribution >= 0.6 is 0 Å². The van der Waals surface area contributed by atoms with E-state index in [0.29, 0.717) is 0 Å². The minimum atomic E-state index is 0.191. The van der Waals surface area contributed by atoms with Gasteiger partial charge in [-0.15, -0.1) is 0 Å². The summed E-state index contributed by atoms with van der Waals surface area (Å²) >= 11 is 0. The lowest BCUT2D eigenvalue weighted by atomic mass is 10.1. The van der Waals surface area contributed by atoms with Crippen LogP contribution in [0.2, 0.25) is 0 Å². The van der Waals surface area contributed by atoms with Crippen molar-refractivity contribution in [3.8, 4) is 17.0 Å². The number of nitrogens with zero attached hydrogens (tertiary/aromatic N) is 1. The van der Waals surface area contributed by atoms with Crippen molar-refractivity contribution in [2.45, 2.75) is 26.7 Å². The Morgan fingerprint density at radius 1 is 1.32 bits per heavy atom. The molecule has 19 heavy (non-hydrogen) atoms. The van der Waals surface area contributed by atoms with Gasteiger partial charge in [-0.3, -0.25) is 0 Å². The van der Waals surface area contributed by atoms with Gasteiger partial charge in [-0.05, 0) is 44.0 Å². The molecule has 2 rings (SSSR count). The topological polar surface area (TPSA) is 58.1 Å². The predicted molar refractivity (Wildman–Crippen MR) is 75.5 cm³/mol. The van der Waals surface area contributed by atoms with Gasteiger partial charge >= 0.3 is 0 Å². The Morgan fingerprint density at radius 2 is 2.11 bits per heavy atom. The number of aryl methyl sites for hydroxylation is 3. The third-order valence-corrected chi connectivity index (χ3v) is 3.17. The Labute approximate surface area is 113 Å². The number of imidazole rings is 1. The van der Waals surface area contributed by atoms with Gasteiger partial charge in [-0.2, -0.15) is 0 Å². The predicted octanol–water partition coefficient (Wildman–Crippen LogP) is 2.63. The SMILES string of the molecule is COc1ccc(-c2nc(CCCO)[nH]c2C)cc1C. The number of rotatable bonds is 5. The molecule has 0 atom stereocenters. The van der Waals surface area contributed by atoms with Crippen LogP contribution in [-0.2, 0) is 6.42 Å². The summed E-state index contributed by atoms with van der Waals surface area (Å²) in [5.74, 6) is 1.81. The molecule has 0 aliphatic rings. The third-order valence-electron chi connectivity index (χ3n) is 3.17. The van der Waals surface area contributed by atoms with Crippen LogP contribution in [0.25, 0.3) is 11.3 Å². The van der Waals surface area contributed by atoms with Gasteiger partial charge in [-0.1, -0.05) is 0 Å². The first-order valence-corrected chi connectivity index (χ1v) is 6.47. The van der Waals surface area contributed by atoms with Gasteiger partial charge in [0.25, 0.3) is 0 Å². The van der Waals surface area contributed by atoms with E-state index >= 15 is 0 Å². The summed E-state index contributed by atoms with van der Waals surface area (Å²) in [7, 11) is 1.68. The highest BCUT2D eigenvalue weighted by atomic mass is 16.5. The van der Waals surface area contributed by atoms with Crippen molar-refractivity contribution in [2.24, 2.45) is 0 Å². The van der Waals surface area contributed by atoms with Gasteiger partial charge in [0.05, 0.1) is 12.8 Å². The second-order valence-corrected chi connectivity index (χ2v) is 4.67. The molecule has 1 aromatic carbocycles. The Balaban J connectivity index is 2.30. The van der Waals surface area contributed by atoms with Crippen molar-refractivity contribution < 1.29 is 9.84 Å². The second kappa shape index (κ2) is 5.89. The van der Waals surface area contributed by atoms with Crippen LogP contribution in [-0.4, -0.2) is 28.8 Å². The summed E-state index contributed by atoms with van der Waals surface area (Å²) in [6.07, 6.45) is 1.50. The molecule has 0 aliphatic carbocycles. The number of benzene rings is 1. The van der Waals surface area contributed by atoms with E-state index in [0.717, 1.165) is 46.9 Å². The van der Waals surface area contributed by atoms with Gasteiger partial charge in [0.2, 0.25) is 0 Å². The van der Waals surface area contributed by atoms with E-state index in [-0.39, 0.29) is 6.61 Å². The van der Waals surface area contributed by atoms with Crippen molar-refractivity contribution in [1.82, 2.24) is 9.97 Å². The lowest BCUT2D eigenvalue weighted by Crippen LogP contribution is -1.91. The van der Waals surface area contributed by atoms with E-state index < -0.39 is 0 Å². The van der Waals surface area contributed by atoms with Crippen molar-refractivity contribution in [1.29, 1.82) is 0 Å². The van der Waals surface area contributed by atoms with Crippen LogP contribution < -0.4 is 4.74 Å². The third kappa shape index (κ3) is 2.96. The molecule has 0 unspecified atom stereocenters. The van der Waals surface area contributed by atoms with Crippen molar-refractivity contribution in [2.75, 3.05) is 13.7 Å². The number of aliphatic hydroxyl groups excluding tert-OH is 1. The summed E-state index contributed by atoms with van der Waals surface area (Å²) in [5.41, 5.74) is 4.21. The molecule has 2 N–H and O–H groups in total. The molecular formula is C15H20N2O2. The van der Waals surface area contributed by atoms with Gasteiger partial charge in [0.1, 0.15) is 11.6 Å². The number of aromatic amines is 1. The number of hydrogen-bond acceptors (Lipinski definition) is 3. The maximum Gasteiger partial charge on any atom is 0.121 e. The minimum absolute atomic E-state index is 0.191. The average molecular weight is 260 g/mol. The molecule has 1 aromatic heterocycles. The Bertz CT molecular complexity index is 561. The molecule has 102 valence electrons. The number of aliphatic hydroxyl groups is 1. The van der Waals surface area contributed by atoms with Crippen molar-refractivity contribution >= 4 is 0 Å². The standard InChI is InChI=1S/C15H20N2O2/c1-10-9-12(6-7-13(10)19-3)15-11(2)16-14(17-15)5-4-8-18/h6-7,9,18H,4-5,8H2,1-3H3,(H,16,17). The summed E-state index contributed by atoms with van der Waals surface area (Å²) in [6, 6.07) is 6.06. The van der Waals surface area contributed by atoms with Crippen LogP contribution in [0.1, 0.15) is 23.5 Å². The maximum atomic E-state index is 8.86. The monoisotopic (exact) mass is 260 g/mol.